The van der Waals surface area contributed by atoms with E-state index >= 15 is 0 Å². The van der Waals surface area contributed by atoms with Gasteiger partial charge in [-0.25, -0.2) is 4.39 Å². The molecule has 0 bridgehead atoms. The van der Waals surface area contributed by atoms with Crippen molar-refractivity contribution in [3.05, 3.63) is 131 Å². The van der Waals surface area contributed by atoms with Crippen molar-refractivity contribution in [2.75, 3.05) is 19.1 Å². The Kier molecular flexibility index (Phi) is 5.87. The van der Waals surface area contributed by atoms with Crippen molar-refractivity contribution in [3.63, 3.8) is 0 Å². The van der Waals surface area contributed by atoms with Crippen molar-refractivity contribution in [1.82, 2.24) is 0 Å². The molecule has 0 saturated carbocycles. The molecule has 3 aliphatic rings. The first-order valence-corrected chi connectivity index (χ1v) is 13.7. The highest BCUT2D eigenvalue weighted by Gasteiger charge is 2.71. The third-order valence-corrected chi connectivity index (χ3v) is 8.86. The van der Waals surface area contributed by atoms with Gasteiger partial charge in [0.2, 0.25) is 0 Å². The normalized spacial score (nSPS) is 21.2. The van der Waals surface area contributed by atoms with E-state index in [9.17, 15) is 18.8 Å². The van der Waals surface area contributed by atoms with Gasteiger partial charge in [0, 0.05) is 33.9 Å². The molecular formula is C35H26FNO5. The lowest BCUT2D eigenvalue weighted by atomic mass is 9.64. The van der Waals surface area contributed by atoms with Crippen molar-refractivity contribution in [3.8, 4) is 11.5 Å². The predicted octanol–water partition coefficient (Wildman–Crippen LogP) is 6.16. The highest BCUT2D eigenvalue weighted by molar-refractivity contribution is 6.32. The molecule has 0 N–H and O–H groups in total. The average molecular weight is 560 g/mol. The molecule has 42 heavy (non-hydrogen) atoms. The largest absolute Gasteiger partial charge is 0.497 e. The number of anilines is 1. The van der Waals surface area contributed by atoms with Crippen molar-refractivity contribution in [2.24, 2.45) is 5.41 Å². The van der Waals surface area contributed by atoms with Crippen molar-refractivity contribution in [1.29, 1.82) is 0 Å². The van der Waals surface area contributed by atoms with Crippen LogP contribution in [0.15, 0.2) is 97.1 Å². The molecule has 1 unspecified atom stereocenters. The minimum atomic E-state index is -1.64. The first-order chi connectivity index (χ1) is 20.4. The molecule has 208 valence electrons. The molecule has 2 heterocycles. The summed E-state index contributed by atoms with van der Waals surface area (Å²) in [4.78, 5) is 45.9. The zero-order valence-electron chi connectivity index (χ0n) is 22.9. The summed E-state index contributed by atoms with van der Waals surface area (Å²) in [6, 6.07) is 23.4. The van der Waals surface area contributed by atoms with E-state index in [1.165, 1.54) is 19.2 Å². The highest BCUT2D eigenvalue weighted by atomic mass is 19.1. The van der Waals surface area contributed by atoms with Gasteiger partial charge in [-0.15, -0.1) is 0 Å². The molecule has 2 aliphatic heterocycles. The lowest BCUT2D eigenvalue weighted by Gasteiger charge is -2.37. The third-order valence-electron chi connectivity index (χ3n) is 8.86. The maximum atomic E-state index is 14.7. The summed E-state index contributed by atoms with van der Waals surface area (Å²) < 4.78 is 25.2. The molecule has 7 rings (SSSR count). The van der Waals surface area contributed by atoms with Crippen LogP contribution in [0.1, 0.15) is 48.1 Å². The molecule has 1 aliphatic carbocycles. The van der Waals surface area contributed by atoms with E-state index in [-0.39, 0.29) is 17.3 Å². The number of methoxy groups -OCH3 is 2. The molecule has 1 spiro atoms. The summed E-state index contributed by atoms with van der Waals surface area (Å²) in [6.45, 7) is 0. The van der Waals surface area contributed by atoms with E-state index < -0.39 is 29.2 Å². The van der Waals surface area contributed by atoms with Gasteiger partial charge in [0.1, 0.15) is 28.8 Å². The number of rotatable bonds is 5. The Labute approximate surface area is 242 Å². The number of carbonyl (C=O) groups excluding carboxylic acids is 3. The Morgan fingerprint density at radius 2 is 1.50 bits per heavy atom. The van der Waals surface area contributed by atoms with Crippen LogP contribution in [-0.4, -0.2) is 43.7 Å². The molecule has 7 heteroatoms. The number of Topliss-reactive ketones (excluding diaryl/α,β-unsaturated/α-hetero) is 3. The number of fused-ring (bicyclic) bond motifs is 5. The Hall–Kier alpha value is -5.04. The van der Waals surface area contributed by atoms with Crippen LogP contribution in [-0.2, 0) is 0 Å². The van der Waals surface area contributed by atoms with Crippen LogP contribution in [0.2, 0.25) is 0 Å². The van der Waals surface area contributed by atoms with Gasteiger partial charge >= 0.3 is 0 Å². The minimum Gasteiger partial charge on any atom is -0.497 e. The summed E-state index contributed by atoms with van der Waals surface area (Å²) in [6.07, 6.45) is 3.52. The van der Waals surface area contributed by atoms with Crippen LogP contribution in [0, 0.1) is 11.2 Å². The summed E-state index contributed by atoms with van der Waals surface area (Å²) in [7, 11) is 3.08. The lowest BCUT2D eigenvalue weighted by Crippen LogP contribution is -2.48. The fourth-order valence-corrected chi connectivity index (χ4v) is 7.08. The molecule has 4 aromatic carbocycles. The van der Waals surface area contributed by atoms with E-state index in [0.29, 0.717) is 45.0 Å². The van der Waals surface area contributed by atoms with Crippen LogP contribution in [0.3, 0.4) is 0 Å². The molecule has 0 aromatic heterocycles. The second-order valence-corrected chi connectivity index (χ2v) is 10.8. The van der Waals surface area contributed by atoms with E-state index in [0.717, 1.165) is 0 Å². The SMILES string of the molecule is COc1ccc([C@H]2[C@H](C(=O)c3cccc(OC)c3)N3c4ccc(F)cc4C=CC3C23C(=O)c2ccccc2C3=O)cc1. The molecular weight excluding hydrogens is 533 g/mol. The number of benzene rings is 4. The lowest BCUT2D eigenvalue weighted by molar-refractivity contribution is 0.0666. The van der Waals surface area contributed by atoms with E-state index in [1.807, 2.05) is 17.0 Å². The number of carbonyl (C=O) groups is 3. The van der Waals surface area contributed by atoms with Crippen LogP contribution in [0.25, 0.3) is 6.08 Å². The number of ether oxygens (including phenoxy) is 2. The van der Waals surface area contributed by atoms with E-state index in [1.54, 1.807) is 86.0 Å². The number of hydrogen-bond donors (Lipinski definition) is 0. The zero-order chi connectivity index (χ0) is 29.2. The van der Waals surface area contributed by atoms with Crippen molar-refractivity contribution < 1.29 is 28.2 Å². The van der Waals surface area contributed by atoms with Gasteiger partial charge in [0.05, 0.1) is 20.3 Å². The highest BCUT2D eigenvalue weighted by Crippen LogP contribution is 2.61. The third kappa shape index (κ3) is 3.46. The average Bonchev–Trinajstić information content (AvgIpc) is 3.46. The van der Waals surface area contributed by atoms with Crippen molar-refractivity contribution in [2.45, 2.75) is 18.0 Å². The quantitative estimate of drug-likeness (QED) is 0.216. The van der Waals surface area contributed by atoms with Gasteiger partial charge in [-0.2, -0.15) is 0 Å². The summed E-state index contributed by atoms with van der Waals surface area (Å²) in [5.41, 5.74) is 1.22. The first-order valence-electron chi connectivity index (χ1n) is 13.7. The number of hydrogen-bond acceptors (Lipinski definition) is 6. The van der Waals surface area contributed by atoms with Crippen LogP contribution < -0.4 is 14.4 Å². The first kappa shape index (κ1) is 25.9. The number of ketones is 3. The van der Waals surface area contributed by atoms with E-state index in [4.69, 9.17) is 9.47 Å². The van der Waals surface area contributed by atoms with Crippen LogP contribution in [0.5, 0.6) is 11.5 Å². The fraction of sp³-hybridized carbons (Fsp3) is 0.171. The molecule has 1 fully saturated rings. The van der Waals surface area contributed by atoms with Gasteiger partial charge in [-0.3, -0.25) is 14.4 Å². The van der Waals surface area contributed by atoms with Crippen LogP contribution in [0.4, 0.5) is 10.1 Å². The van der Waals surface area contributed by atoms with Crippen LogP contribution >= 0.6 is 0 Å². The van der Waals surface area contributed by atoms with Gasteiger partial charge in [-0.1, -0.05) is 60.7 Å². The standard InChI is InChI=1S/C35H26FNO5/c1-41-24-14-10-20(11-15-24)30-31(32(38)22-6-5-7-25(19-22)42-2)37-28-16-13-23(36)18-21(28)12-17-29(37)35(30)33(39)26-8-3-4-9-27(26)34(35)40/h3-19,29-31H,1-2H3/t29?,30-,31+/m0/s1. The Morgan fingerprint density at radius 1 is 0.810 bits per heavy atom. The summed E-state index contributed by atoms with van der Waals surface area (Å²) in [5, 5.41) is 0. The molecule has 3 atom stereocenters. The zero-order valence-corrected chi connectivity index (χ0v) is 22.9. The van der Waals surface area contributed by atoms with E-state index in [2.05, 4.69) is 0 Å². The number of halogens is 1. The second-order valence-electron chi connectivity index (χ2n) is 10.8. The maximum Gasteiger partial charge on any atom is 0.186 e. The van der Waals surface area contributed by atoms with Gasteiger partial charge in [0.25, 0.3) is 0 Å². The number of nitrogens with zero attached hydrogens (tertiary/aromatic N) is 1. The topological polar surface area (TPSA) is 72.9 Å². The summed E-state index contributed by atoms with van der Waals surface area (Å²) in [5.74, 6) is -1.11. The maximum absolute atomic E-state index is 14.7. The van der Waals surface area contributed by atoms with Gasteiger partial charge in [-0.05, 0) is 48.0 Å². The predicted molar refractivity (Wildman–Crippen MR) is 156 cm³/mol. The van der Waals surface area contributed by atoms with Gasteiger partial charge < -0.3 is 14.4 Å². The second kappa shape index (κ2) is 9.52. The Bertz CT molecular complexity index is 1780. The minimum absolute atomic E-state index is 0.279. The molecule has 0 radical (unpaired) electrons. The molecule has 6 nitrogen and oxygen atoms in total. The summed E-state index contributed by atoms with van der Waals surface area (Å²) >= 11 is 0. The molecule has 1 saturated heterocycles. The fourth-order valence-electron chi connectivity index (χ4n) is 7.08. The van der Waals surface area contributed by atoms with Crippen molar-refractivity contribution >= 4 is 29.1 Å². The molecule has 0 amide bonds. The smallest absolute Gasteiger partial charge is 0.186 e. The molecule has 4 aromatic rings. The Balaban J connectivity index is 1.53. The monoisotopic (exact) mass is 559 g/mol. The van der Waals surface area contributed by atoms with Gasteiger partial charge in [0.15, 0.2) is 17.3 Å². The Morgan fingerprint density at radius 3 is 2.17 bits per heavy atom.